The summed E-state index contributed by atoms with van der Waals surface area (Å²) >= 11 is 0.756. The molecule has 41 heavy (non-hydrogen) atoms. The lowest BCUT2D eigenvalue weighted by Gasteiger charge is -2.30. The minimum Gasteiger partial charge on any atom is -0.461 e. The number of rotatable bonds is 6. The molecule has 2 aromatic heterocycles. The highest BCUT2D eigenvalue weighted by Crippen LogP contribution is 2.46. The number of nitrogens with one attached hydrogen (secondary N) is 1. The molecule has 0 unspecified atom stereocenters. The van der Waals surface area contributed by atoms with Crippen molar-refractivity contribution in [2.45, 2.75) is 56.0 Å². The molecule has 0 radical (unpaired) electrons. The summed E-state index contributed by atoms with van der Waals surface area (Å²) in [7, 11) is 0. The Bertz CT molecular complexity index is 1690. The number of aromatic nitrogens is 3. The van der Waals surface area contributed by atoms with E-state index >= 15 is 4.39 Å². The molecule has 7 rings (SSSR count). The van der Waals surface area contributed by atoms with Crippen LogP contribution < -0.4 is 15.8 Å². The third kappa shape index (κ3) is 4.51. The SMILES string of the molecule is Nc1nc2c(-c3c(C(F)(F)F)cc4c(NC5CC5)nc(OC[C@@]56CCCN5C[C@H](F)C6)nc4c3F)ccc(F)c2s1. The van der Waals surface area contributed by atoms with Gasteiger partial charge in [0.25, 0.3) is 0 Å². The zero-order valence-corrected chi connectivity index (χ0v) is 22.3. The number of fused-ring (bicyclic) bond motifs is 3. The van der Waals surface area contributed by atoms with Crippen LogP contribution in [0.2, 0.25) is 0 Å². The van der Waals surface area contributed by atoms with Crippen molar-refractivity contribution in [2.75, 3.05) is 30.7 Å². The molecular weight excluding hydrogens is 570 g/mol. The lowest BCUT2D eigenvalue weighted by atomic mass is 9.95. The Hall–Kier alpha value is -3.39. The van der Waals surface area contributed by atoms with Crippen LogP contribution in [0.25, 0.3) is 32.2 Å². The predicted molar refractivity (Wildman–Crippen MR) is 143 cm³/mol. The van der Waals surface area contributed by atoms with Gasteiger partial charge in [-0.05, 0) is 50.4 Å². The number of ether oxygens (including phenoxy) is 1. The normalized spacial score (nSPS) is 23.0. The van der Waals surface area contributed by atoms with Gasteiger partial charge in [0.1, 0.15) is 29.9 Å². The maximum Gasteiger partial charge on any atom is 0.417 e. The van der Waals surface area contributed by atoms with E-state index in [1.807, 2.05) is 4.90 Å². The number of hydrogen-bond acceptors (Lipinski definition) is 8. The molecule has 4 aromatic rings. The fourth-order valence-electron chi connectivity index (χ4n) is 6.13. The first-order chi connectivity index (χ1) is 19.5. The highest BCUT2D eigenvalue weighted by Gasteiger charge is 2.49. The van der Waals surface area contributed by atoms with E-state index in [1.165, 1.54) is 0 Å². The van der Waals surface area contributed by atoms with Gasteiger partial charge in [0.05, 0.1) is 21.3 Å². The molecule has 2 saturated heterocycles. The third-order valence-electron chi connectivity index (χ3n) is 8.15. The lowest BCUT2D eigenvalue weighted by Crippen LogP contribution is -2.43. The number of anilines is 2. The molecule has 2 aliphatic heterocycles. The maximum atomic E-state index is 16.4. The van der Waals surface area contributed by atoms with Crippen molar-refractivity contribution >= 4 is 43.4 Å². The number of nitrogens with two attached hydrogens (primary N) is 1. The van der Waals surface area contributed by atoms with Gasteiger partial charge >= 0.3 is 12.2 Å². The van der Waals surface area contributed by atoms with Gasteiger partial charge in [-0.25, -0.2) is 18.2 Å². The van der Waals surface area contributed by atoms with Crippen molar-refractivity contribution in [3.8, 4) is 17.1 Å². The topological polar surface area (TPSA) is 89.2 Å². The Morgan fingerprint density at radius 3 is 2.71 bits per heavy atom. The number of thiazole rings is 1. The Morgan fingerprint density at radius 1 is 1.15 bits per heavy atom. The van der Waals surface area contributed by atoms with E-state index < -0.39 is 46.2 Å². The number of hydrogen-bond donors (Lipinski definition) is 2. The van der Waals surface area contributed by atoms with Gasteiger partial charge in [0.2, 0.25) is 0 Å². The molecule has 3 fully saturated rings. The van der Waals surface area contributed by atoms with E-state index in [4.69, 9.17) is 10.5 Å². The van der Waals surface area contributed by atoms with Crippen molar-refractivity contribution in [3.63, 3.8) is 0 Å². The van der Waals surface area contributed by atoms with Crippen LogP contribution in [0.4, 0.5) is 37.3 Å². The van der Waals surface area contributed by atoms with Crippen LogP contribution in [-0.4, -0.2) is 57.3 Å². The molecular formula is C27H24F6N6OS. The quantitative estimate of drug-likeness (QED) is 0.253. The van der Waals surface area contributed by atoms with Gasteiger partial charge in [-0.3, -0.25) is 4.90 Å². The average molecular weight is 595 g/mol. The lowest BCUT2D eigenvalue weighted by molar-refractivity contribution is -0.137. The Morgan fingerprint density at radius 2 is 1.95 bits per heavy atom. The summed E-state index contributed by atoms with van der Waals surface area (Å²) in [5, 5.41) is 2.83. The monoisotopic (exact) mass is 594 g/mol. The van der Waals surface area contributed by atoms with E-state index in [9.17, 15) is 22.0 Å². The summed E-state index contributed by atoms with van der Waals surface area (Å²) in [4.78, 5) is 14.6. The molecule has 3 N–H and O–H groups in total. The summed E-state index contributed by atoms with van der Waals surface area (Å²) < 4.78 is 94.4. The van der Waals surface area contributed by atoms with Crippen molar-refractivity contribution in [2.24, 2.45) is 0 Å². The van der Waals surface area contributed by atoms with Crippen LogP contribution in [0.15, 0.2) is 18.2 Å². The number of nitrogens with zero attached hydrogens (tertiary/aromatic N) is 4. The van der Waals surface area contributed by atoms with Crippen LogP contribution in [0.1, 0.15) is 37.7 Å². The highest BCUT2D eigenvalue weighted by atomic mass is 32.1. The van der Waals surface area contributed by atoms with Gasteiger partial charge in [0, 0.05) is 35.5 Å². The van der Waals surface area contributed by atoms with Crippen LogP contribution >= 0.6 is 11.3 Å². The average Bonchev–Trinajstić information content (AvgIpc) is 3.36. The van der Waals surface area contributed by atoms with Crippen LogP contribution in [0.3, 0.4) is 0 Å². The molecule has 3 aliphatic rings. The fourth-order valence-corrected chi connectivity index (χ4v) is 6.89. The number of alkyl halides is 4. The van der Waals surface area contributed by atoms with Crippen LogP contribution in [-0.2, 0) is 6.18 Å². The summed E-state index contributed by atoms with van der Waals surface area (Å²) in [5.41, 5.74) is 2.27. The van der Waals surface area contributed by atoms with Crippen LogP contribution in [0, 0.1) is 11.6 Å². The second-order valence-electron chi connectivity index (χ2n) is 11.0. The summed E-state index contributed by atoms with van der Waals surface area (Å²) in [5.74, 6) is -1.99. The van der Waals surface area contributed by atoms with Gasteiger partial charge in [-0.1, -0.05) is 11.3 Å². The van der Waals surface area contributed by atoms with E-state index in [0.29, 0.717) is 13.0 Å². The molecule has 4 heterocycles. The van der Waals surface area contributed by atoms with E-state index in [-0.39, 0.29) is 50.8 Å². The van der Waals surface area contributed by atoms with Crippen molar-refractivity contribution in [1.82, 2.24) is 19.9 Å². The zero-order chi connectivity index (χ0) is 28.7. The molecule has 2 aromatic carbocycles. The zero-order valence-electron chi connectivity index (χ0n) is 21.5. The fraction of sp³-hybridized carbons (Fsp3) is 0.444. The smallest absolute Gasteiger partial charge is 0.417 e. The van der Waals surface area contributed by atoms with E-state index in [0.717, 1.165) is 61.8 Å². The number of halogens is 6. The summed E-state index contributed by atoms with van der Waals surface area (Å²) in [6, 6.07) is 2.56. The largest absolute Gasteiger partial charge is 0.461 e. The molecule has 1 aliphatic carbocycles. The molecule has 0 spiro atoms. The molecule has 2 atom stereocenters. The van der Waals surface area contributed by atoms with E-state index in [2.05, 4.69) is 20.3 Å². The Labute approximate surface area is 233 Å². The molecule has 7 nitrogen and oxygen atoms in total. The van der Waals surface area contributed by atoms with E-state index in [1.54, 1.807) is 0 Å². The summed E-state index contributed by atoms with van der Waals surface area (Å²) in [6.45, 7) is 1.11. The van der Waals surface area contributed by atoms with Gasteiger partial charge in [0.15, 0.2) is 10.9 Å². The Kier molecular flexibility index (Phi) is 6.02. The molecule has 216 valence electrons. The first-order valence-electron chi connectivity index (χ1n) is 13.3. The van der Waals surface area contributed by atoms with Gasteiger partial charge in [-0.2, -0.15) is 23.1 Å². The second-order valence-corrected chi connectivity index (χ2v) is 12.0. The number of nitrogen functional groups attached to an aromatic ring is 1. The maximum absolute atomic E-state index is 16.4. The first-order valence-corrected chi connectivity index (χ1v) is 14.1. The molecule has 1 saturated carbocycles. The standard InChI is InChI=1S/C27H24F6N6OS/c28-12-9-26(6-1-7-39(26)10-12)11-40-25-37-20-15(23(38-25)35-13-2-3-13)8-16(27(31,32)33)18(19(20)30)14-4-5-17(29)22-21(14)36-24(34)41-22/h4-5,8,12-13H,1-3,6-7,9-11H2,(H2,34,36)(H,35,37,38)/t12-,26+/m1/s1. The van der Waals surface area contributed by atoms with Crippen LogP contribution in [0.5, 0.6) is 6.01 Å². The van der Waals surface area contributed by atoms with Gasteiger partial charge < -0.3 is 15.8 Å². The second kappa shape index (κ2) is 9.31. The minimum atomic E-state index is -4.98. The first kappa shape index (κ1) is 26.5. The van der Waals surface area contributed by atoms with Gasteiger partial charge in [-0.15, -0.1) is 0 Å². The number of benzene rings is 2. The molecule has 14 heteroatoms. The van der Waals surface area contributed by atoms with Crippen molar-refractivity contribution in [1.29, 1.82) is 0 Å². The minimum absolute atomic E-state index is 0.0150. The van der Waals surface area contributed by atoms with Crippen molar-refractivity contribution < 1.29 is 31.1 Å². The van der Waals surface area contributed by atoms with Crippen molar-refractivity contribution in [3.05, 3.63) is 35.4 Å². The third-order valence-corrected chi connectivity index (χ3v) is 9.04. The molecule has 0 amide bonds. The highest BCUT2D eigenvalue weighted by molar-refractivity contribution is 7.22. The predicted octanol–water partition coefficient (Wildman–Crippen LogP) is 6.32. The molecule has 0 bridgehead atoms. The Balaban J connectivity index is 1.40. The summed E-state index contributed by atoms with van der Waals surface area (Å²) in [6.07, 6.45) is -2.51.